The molecule has 0 bridgehead atoms. The summed E-state index contributed by atoms with van der Waals surface area (Å²) in [5.74, 6) is -1.67. The van der Waals surface area contributed by atoms with Gasteiger partial charge in [0.05, 0.1) is 22.7 Å². The number of hydrogen-bond donors (Lipinski definition) is 0. The van der Waals surface area contributed by atoms with Gasteiger partial charge in [-0.25, -0.2) is 0 Å². The van der Waals surface area contributed by atoms with Crippen LogP contribution in [0.4, 0.5) is 5.69 Å². The third-order valence-corrected chi connectivity index (χ3v) is 4.11. The lowest BCUT2D eigenvalue weighted by molar-refractivity contribution is -0.384. The summed E-state index contributed by atoms with van der Waals surface area (Å²) >= 11 is 0. The van der Waals surface area contributed by atoms with Crippen LogP contribution in [0, 0.1) is 10.1 Å². The summed E-state index contributed by atoms with van der Waals surface area (Å²) in [5, 5.41) is 10.9. The molecule has 0 saturated heterocycles. The van der Waals surface area contributed by atoms with Crippen LogP contribution in [-0.4, -0.2) is 40.8 Å². The Morgan fingerprint density at radius 1 is 1.11 bits per heavy atom. The molecule has 0 aliphatic carbocycles. The van der Waals surface area contributed by atoms with Gasteiger partial charge in [0, 0.05) is 17.7 Å². The van der Waals surface area contributed by atoms with E-state index in [1.54, 1.807) is 24.3 Å². The van der Waals surface area contributed by atoms with Crippen molar-refractivity contribution in [3.8, 4) is 5.75 Å². The topological polar surface area (TPSA) is 116 Å². The second-order valence-corrected chi connectivity index (χ2v) is 5.88. The summed E-state index contributed by atoms with van der Waals surface area (Å²) < 4.78 is 10.6. The molecule has 0 radical (unpaired) electrons. The normalized spacial score (nSPS) is 12.7. The lowest BCUT2D eigenvalue weighted by atomic mass is 10.1. The molecule has 1 heterocycles. The number of para-hydroxylation sites is 1. The van der Waals surface area contributed by atoms with Gasteiger partial charge in [-0.05, 0) is 19.1 Å². The summed E-state index contributed by atoms with van der Waals surface area (Å²) in [6.07, 6.45) is 0. The summed E-state index contributed by atoms with van der Waals surface area (Å²) in [7, 11) is 0. The fraction of sp³-hybridized carbons (Fsp3) is 0.211. The number of benzene rings is 2. The molecule has 1 aliphatic heterocycles. The Hall–Kier alpha value is -3.75. The number of fused-ring (bicyclic) bond motifs is 1. The Labute approximate surface area is 159 Å². The highest BCUT2D eigenvalue weighted by Gasteiger charge is 2.38. The Morgan fingerprint density at radius 2 is 1.82 bits per heavy atom. The molecule has 0 unspecified atom stereocenters. The van der Waals surface area contributed by atoms with Gasteiger partial charge in [-0.15, -0.1) is 0 Å². The van der Waals surface area contributed by atoms with Gasteiger partial charge in [0.2, 0.25) is 0 Å². The smallest absolute Gasteiger partial charge is 0.326 e. The zero-order valence-electron chi connectivity index (χ0n) is 14.9. The number of hydrogen-bond acceptors (Lipinski definition) is 7. The predicted octanol–water partition coefficient (Wildman–Crippen LogP) is 2.33. The van der Waals surface area contributed by atoms with Crippen molar-refractivity contribution in [1.82, 2.24) is 4.90 Å². The van der Waals surface area contributed by atoms with Crippen LogP contribution in [-0.2, 0) is 16.1 Å². The van der Waals surface area contributed by atoms with Gasteiger partial charge in [0.15, 0.2) is 0 Å². The van der Waals surface area contributed by atoms with Crippen LogP contribution in [0.2, 0.25) is 0 Å². The van der Waals surface area contributed by atoms with Crippen molar-refractivity contribution >= 4 is 23.5 Å². The highest BCUT2D eigenvalue weighted by molar-refractivity contribution is 6.22. The van der Waals surface area contributed by atoms with E-state index >= 15 is 0 Å². The number of non-ortho nitro benzene ring substituents is 1. The van der Waals surface area contributed by atoms with Crippen molar-refractivity contribution in [2.45, 2.75) is 13.5 Å². The van der Waals surface area contributed by atoms with Gasteiger partial charge in [0.25, 0.3) is 17.5 Å². The van der Waals surface area contributed by atoms with Crippen LogP contribution >= 0.6 is 0 Å². The van der Waals surface area contributed by atoms with Crippen molar-refractivity contribution in [3.05, 3.63) is 69.3 Å². The molecule has 0 aromatic heterocycles. The van der Waals surface area contributed by atoms with E-state index in [2.05, 4.69) is 0 Å². The minimum Gasteiger partial charge on any atom is -0.493 e. The number of ether oxygens (including phenoxy) is 2. The second kappa shape index (κ2) is 7.87. The summed E-state index contributed by atoms with van der Waals surface area (Å²) in [4.78, 5) is 47.8. The van der Waals surface area contributed by atoms with E-state index in [0.717, 1.165) is 12.1 Å². The molecule has 0 atom stereocenters. The van der Waals surface area contributed by atoms with Crippen LogP contribution in [0.3, 0.4) is 0 Å². The van der Waals surface area contributed by atoms with Crippen molar-refractivity contribution in [2.24, 2.45) is 0 Å². The van der Waals surface area contributed by atoms with Crippen molar-refractivity contribution < 1.29 is 28.8 Å². The highest BCUT2D eigenvalue weighted by atomic mass is 16.6. The van der Waals surface area contributed by atoms with Gasteiger partial charge in [-0.2, -0.15) is 0 Å². The molecule has 2 aromatic carbocycles. The Bertz CT molecular complexity index is 971. The molecule has 0 fully saturated rings. The molecular formula is C19H16N2O7. The predicted molar refractivity (Wildman–Crippen MR) is 95.9 cm³/mol. The molecule has 0 N–H and O–H groups in total. The van der Waals surface area contributed by atoms with Gasteiger partial charge in [-0.1, -0.05) is 18.2 Å². The number of imide groups is 1. The minimum absolute atomic E-state index is 0.0186. The minimum atomic E-state index is -0.782. The Balaban J connectivity index is 1.67. The van der Waals surface area contributed by atoms with Crippen LogP contribution in [0.5, 0.6) is 5.75 Å². The number of amides is 2. The fourth-order valence-electron chi connectivity index (χ4n) is 2.79. The molecule has 3 rings (SSSR count). The maximum absolute atomic E-state index is 12.4. The molecule has 2 amide bonds. The number of nitrogens with zero attached hydrogens (tertiary/aromatic N) is 2. The van der Waals surface area contributed by atoms with E-state index in [0.29, 0.717) is 22.8 Å². The third-order valence-electron chi connectivity index (χ3n) is 4.11. The summed E-state index contributed by atoms with van der Waals surface area (Å²) in [6, 6.07) is 10.4. The molecule has 9 heteroatoms. The zero-order chi connectivity index (χ0) is 20.3. The first-order valence-electron chi connectivity index (χ1n) is 8.43. The van der Waals surface area contributed by atoms with Crippen LogP contribution in [0.1, 0.15) is 33.2 Å². The van der Waals surface area contributed by atoms with Gasteiger partial charge >= 0.3 is 5.97 Å². The third kappa shape index (κ3) is 3.68. The monoisotopic (exact) mass is 384 g/mol. The molecule has 144 valence electrons. The lowest BCUT2D eigenvalue weighted by Gasteiger charge is -2.14. The maximum Gasteiger partial charge on any atom is 0.326 e. The van der Waals surface area contributed by atoms with E-state index < -0.39 is 29.3 Å². The van der Waals surface area contributed by atoms with Crippen molar-refractivity contribution in [1.29, 1.82) is 0 Å². The Kier molecular flexibility index (Phi) is 5.35. The number of esters is 1. The number of nitro groups is 1. The first-order chi connectivity index (χ1) is 13.4. The highest BCUT2D eigenvalue weighted by Crippen LogP contribution is 2.27. The number of rotatable bonds is 7. The first-order valence-corrected chi connectivity index (χ1v) is 8.43. The molecule has 9 nitrogen and oxygen atoms in total. The molecule has 1 aliphatic rings. The average Bonchev–Trinajstić information content (AvgIpc) is 2.92. The zero-order valence-corrected chi connectivity index (χ0v) is 14.9. The lowest BCUT2D eigenvalue weighted by Crippen LogP contribution is -2.35. The van der Waals surface area contributed by atoms with E-state index in [1.165, 1.54) is 6.07 Å². The second-order valence-electron chi connectivity index (χ2n) is 5.88. The summed E-state index contributed by atoms with van der Waals surface area (Å²) in [6.45, 7) is 1.61. The standard InChI is InChI=1S/C19H16N2O7/c1-2-27-16-6-4-3-5-12(16)11-28-17(22)10-20-18(23)14-8-7-13(21(25)26)9-15(14)19(20)24/h3-9H,2,10-11H2,1H3. The van der Waals surface area contributed by atoms with Gasteiger partial charge < -0.3 is 9.47 Å². The fourth-order valence-corrected chi connectivity index (χ4v) is 2.79. The van der Waals surface area contributed by atoms with Crippen LogP contribution in [0.25, 0.3) is 0 Å². The maximum atomic E-state index is 12.4. The average molecular weight is 384 g/mol. The van der Waals surface area contributed by atoms with Gasteiger partial charge in [-0.3, -0.25) is 29.4 Å². The summed E-state index contributed by atoms with van der Waals surface area (Å²) in [5.41, 5.74) is 0.256. The van der Waals surface area contributed by atoms with E-state index in [4.69, 9.17) is 9.47 Å². The molecular weight excluding hydrogens is 368 g/mol. The number of nitro benzene ring substituents is 1. The molecule has 2 aromatic rings. The molecule has 0 spiro atoms. The van der Waals surface area contributed by atoms with Crippen LogP contribution in [0.15, 0.2) is 42.5 Å². The van der Waals surface area contributed by atoms with E-state index in [1.807, 2.05) is 6.92 Å². The quantitative estimate of drug-likeness (QED) is 0.311. The number of carbonyl (C=O) groups excluding carboxylic acids is 3. The first kappa shape index (κ1) is 19.0. The SMILES string of the molecule is CCOc1ccccc1COC(=O)CN1C(=O)c2ccc([N+](=O)[O-])cc2C1=O. The van der Waals surface area contributed by atoms with E-state index in [-0.39, 0.29) is 23.4 Å². The van der Waals surface area contributed by atoms with Crippen molar-refractivity contribution in [3.63, 3.8) is 0 Å². The number of carbonyl (C=O) groups is 3. The molecule has 0 saturated carbocycles. The molecule has 28 heavy (non-hydrogen) atoms. The Morgan fingerprint density at radius 3 is 2.54 bits per heavy atom. The van der Waals surface area contributed by atoms with Gasteiger partial charge in [0.1, 0.15) is 18.9 Å². The largest absolute Gasteiger partial charge is 0.493 e. The van der Waals surface area contributed by atoms with Crippen LogP contribution < -0.4 is 4.74 Å². The van der Waals surface area contributed by atoms with Crippen molar-refractivity contribution in [2.75, 3.05) is 13.2 Å². The van der Waals surface area contributed by atoms with E-state index in [9.17, 15) is 24.5 Å².